The first-order valence-corrected chi connectivity index (χ1v) is 5.84. The van der Waals surface area contributed by atoms with Crippen molar-refractivity contribution in [3.8, 4) is 0 Å². The van der Waals surface area contributed by atoms with Crippen molar-refractivity contribution in [1.82, 2.24) is 9.74 Å². The van der Waals surface area contributed by atoms with Crippen molar-refractivity contribution >= 4 is 23.8 Å². The highest BCUT2D eigenvalue weighted by molar-refractivity contribution is 6.22. The Bertz CT molecular complexity index is 566. The number of guanidine groups is 1. The third-order valence-electron chi connectivity index (χ3n) is 2.40. The van der Waals surface area contributed by atoms with E-state index >= 15 is 0 Å². The number of urea groups is 1. The Labute approximate surface area is 128 Å². The van der Waals surface area contributed by atoms with Gasteiger partial charge in [0.05, 0.1) is 5.56 Å². The van der Waals surface area contributed by atoms with Crippen molar-refractivity contribution in [3.05, 3.63) is 35.1 Å². The summed E-state index contributed by atoms with van der Waals surface area (Å²) in [6.07, 6.45) is -4.81. The number of nitrogens with one attached hydrogen (secondary N) is 1. The standard InChI is InChI=1S/C11H11ClF4N4O.H2O/c1-20(10(21)18-9(17)19-12)5-6-2-3-8(13)7(4-6)11(14,15)16;/h2-4H,5H2,1H3,(H3,17,18,19,21);1H2. The topological polar surface area (TPSA) is 102 Å². The number of halogens is 5. The fraction of sp³-hybridized carbons (Fsp3) is 0.273. The van der Waals surface area contributed by atoms with Crippen LogP contribution in [0, 0.1) is 5.82 Å². The average molecular weight is 345 g/mol. The molecule has 11 heteroatoms. The molecule has 0 fully saturated rings. The predicted octanol–water partition coefficient (Wildman–Crippen LogP) is 1.63. The number of carbonyl (C=O) groups excluding carboxylic acids is 1. The first-order valence-electron chi connectivity index (χ1n) is 5.46. The van der Waals surface area contributed by atoms with Crippen molar-refractivity contribution in [2.45, 2.75) is 12.7 Å². The van der Waals surface area contributed by atoms with E-state index in [1.807, 2.05) is 4.84 Å². The lowest BCUT2D eigenvalue weighted by molar-refractivity contribution is -0.140. The van der Waals surface area contributed by atoms with Crippen LogP contribution < -0.4 is 10.6 Å². The van der Waals surface area contributed by atoms with Gasteiger partial charge in [-0.2, -0.15) is 18.2 Å². The van der Waals surface area contributed by atoms with Gasteiger partial charge in [-0.05, 0) is 17.7 Å². The number of benzene rings is 1. The molecular weight excluding hydrogens is 332 g/mol. The molecule has 0 aliphatic rings. The molecule has 0 unspecified atom stereocenters. The largest absolute Gasteiger partial charge is 0.419 e. The van der Waals surface area contributed by atoms with Crippen LogP contribution in [-0.2, 0) is 12.7 Å². The van der Waals surface area contributed by atoms with Gasteiger partial charge < -0.3 is 16.1 Å². The van der Waals surface area contributed by atoms with Crippen LogP contribution >= 0.6 is 11.8 Å². The number of rotatable bonds is 2. The summed E-state index contributed by atoms with van der Waals surface area (Å²) in [5.74, 6) is -1.74. The SMILES string of the molecule is CN(Cc1ccc(F)c(C(F)(F)F)c1)C(=O)N=C(N)NCl.O. The minimum Gasteiger partial charge on any atom is -0.412 e. The van der Waals surface area contributed by atoms with E-state index in [2.05, 4.69) is 4.99 Å². The molecular formula is C11H13ClF4N4O2. The lowest BCUT2D eigenvalue weighted by atomic mass is 10.1. The minimum atomic E-state index is -4.81. The maximum atomic E-state index is 13.1. The number of hydrogen-bond acceptors (Lipinski definition) is 1. The monoisotopic (exact) mass is 344 g/mol. The number of nitrogens with zero attached hydrogens (tertiary/aromatic N) is 2. The van der Waals surface area contributed by atoms with E-state index in [0.29, 0.717) is 12.1 Å². The van der Waals surface area contributed by atoms with Gasteiger partial charge in [0.25, 0.3) is 0 Å². The summed E-state index contributed by atoms with van der Waals surface area (Å²) in [5.41, 5.74) is 3.86. The van der Waals surface area contributed by atoms with E-state index in [1.165, 1.54) is 7.05 Å². The van der Waals surface area contributed by atoms with E-state index < -0.39 is 23.6 Å². The maximum Gasteiger partial charge on any atom is 0.419 e. The molecule has 0 aliphatic heterocycles. The second-order valence-electron chi connectivity index (χ2n) is 4.04. The smallest absolute Gasteiger partial charge is 0.412 e. The zero-order valence-electron chi connectivity index (χ0n) is 11.2. The predicted molar refractivity (Wildman–Crippen MR) is 72.5 cm³/mol. The first kappa shape index (κ1) is 19.9. The summed E-state index contributed by atoms with van der Waals surface area (Å²) < 4.78 is 50.8. The molecule has 0 atom stereocenters. The molecule has 22 heavy (non-hydrogen) atoms. The summed E-state index contributed by atoms with van der Waals surface area (Å²) in [7, 11) is 1.30. The molecule has 0 aromatic heterocycles. The van der Waals surface area contributed by atoms with Gasteiger partial charge in [-0.3, -0.25) is 4.84 Å². The maximum absolute atomic E-state index is 13.1. The quantitative estimate of drug-likeness (QED) is 0.369. The molecule has 0 saturated heterocycles. The average Bonchev–Trinajstić information content (AvgIpc) is 2.39. The molecule has 0 aliphatic carbocycles. The zero-order chi connectivity index (χ0) is 16.2. The van der Waals surface area contributed by atoms with Crippen molar-refractivity contribution in [2.75, 3.05) is 7.05 Å². The van der Waals surface area contributed by atoms with Crippen LogP contribution in [-0.4, -0.2) is 29.4 Å². The number of nitrogens with two attached hydrogens (primary N) is 1. The number of aliphatic imine (C=N–C) groups is 1. The highest BCUT2D eigenvalue weighted by Gasteiger charge is 2.34. The number of alkyl halides is 3. The summed E-state index contributed by atoms with van der Waals surface area (Å²) in [4.78, 5) is 17.8. The summed E-state index contributed by atoms with van der Waals surface area (Å²) in [6.45, 7) is -0.207. The third-order valence-corrected chi connectivity index (χ3v) is 2.59. The lowest BCUT2D eigenvalue weighted by Gasteiger charge is -2.16. The van der Waals surface area contributed by atoms with Crippen molar-refractivity contribution in [1.29, 1.82) is 0 Å². The van der Waals surface area contributed by atoms with E-state index in [9.17, 15) is 22.4 Å². The molecule has 5 N–H and O–H groups in total. The molecule has 0 heterocycles. The van der Waals surface area contributed by atoms with Gasteiger partial charge in [0, 0.05) is 25.4 Å². The van der Waals surface area contributed by atoms with Crippen LogP contribution in [0.25, 0.3) is 0 Å². The highest BCUT2D eigenvalue weighted by Crippen LogP contribution is 2.32. The zero-order valence-corrected chi connectivity index (χ0v) is 12.0. The van der Waals surface area contributed by atoms with Gasteiger partial charge in [-0.15, -0.1) is 0 Å². The second kappa shape index (κ2) is 7.80. The lowest BCUT2D eigenvalue weighted by Crippen LogP contribution is -2.30. The van der Waals surface area contributed by atoms with E-state index in [0.717, 1.165) is 11.0 Å². The van der Waals surface area contributed by atoms with Gasteiger partial charge >= 0.3 is 12.2 Å². The van der Waals surface area contributed by atoms with Crippen LogP contribution in [0.15, 0.2) is 23.2 Å². The Morgan fingerprint density at radius 1 is 1.45 bits per heavy atom. The summed E-state index contributed by atoms with van der Waals surface area (Å²) in [5, 5.41) is 0. The van der Waals surface area contributed by atoms with Crippen LogP contribution in [0.3, 0.4) is 0 Å². The molecule has 1 aromatic rings. The van der Waals surface area contributed by atoms with Gasteiger partial charge in [0.1, 0.15) is 5.82 Å². The Morgan fingerprint density at radius 2 is 2.05 bits per heavy atom. The van der Waals surface area contributed by atoms with Crippen LogP contribution in [0.2, 0.25) is 0 Å². The van der Waals surface area contributed by atoms with Crippen molar-refractivity contribution in [2.24, 2.45) is 10.7 Å². The van der Waals surface area contributed by atoms with Gasteiger partial charge in [0.2, 0.25) is 5.96 Å². The number of amides is 2. The van der Waals surface area contributed by atoms with E-state index in [1.54, 1.807) is 0 Å². The first-order chi connectivity index (χ1) is 9.65. The minimum absolute atomic E-state index is 0. The highest BCUT2D eigenvalue weighted by atomic mass is 35.5. The van der Waals surface area contributed by atoms with Gasteiger partial charge in [-0.1, -0.05) is 6.07 Å². The van der Waals surface area contributed by atoms with Gasteiger partial charge in [0.15, 0.2) is 0 Å². The van der Waals surface area contributed by atoms with Gasteiger partial charge in [-0.25, -0.2) is 9.18 Å². The fourth-order valence-corrected chi connectivity index (χ4v) is 1.48. The van der Waals surface area contributed by atoms with E-state index in [4.69, 9.17) is 17.5 Å². The molecule has 124 valence electrons. The third kappa shape index (κ3) is 5.37. The van der Waals surface area contributed by atoms with Crippen LogP contribution in [0.4, 0.5) is 22.4 Å². The van der Waals surface area contributed by atoms with Crippen LogP contribution in [0.1, 0.15) is 11.1 Å². The molecule has 1 aromatic carbocycles. The number of hydrogen-bond donors (Lipinski definition) is 2. The second-order valence-corrected chi connectivity index (χ2v) is 4.23. The molecule has 0 bridgehead atoms. The molecule has 1 rings (SSSR count). The Hall–Kier alpha value is -2.07. The van der Waals surface area contributed by atoms with Crippen molar-refractivity contribution in [3.63, 3.8) is 0 Å². The molecule has 0 saturated carbocycles. The Kier molecular flexibility index (Phi) is 7.07. The normalized spacial score (nSPS) is 11.6. The fourth-order valence-electron chi connectivity index (χ4n) is 1.44. The molecule has 0 radical (unpaired) electrons. The van der Waals surface area contributed by atoms with E-state index in [-0.39, 0.29) is 23.5 Å². The van der Waals surface area contributed by atoms with Crippen molar-refractivity contribution < 1.29 is 27.8 Å². The molecule has 0 spiro atoms. The Morgan fingerprint density at radius 3 is 2.55 bits per heavy atom. The Balaban J connectivity index is 0.00000441. The summed E-state index contributed by atoms with van der Waals surface area (Å²) >= 11 is 5.11. The molecule has 6 nitrogen and oxygen atoms in total. The molecule has 2 amide bonds. The van der Waals surface area contributed by atoms with Crippen LogP contribution in [0.5, 0.6) is 0 Å². The number of carbonyl (C=O) groups is 1. The summed E-state index contributed by atoms with van der Waals surface area (Å²) in [6, 6.07) is 1.64.